The number of amides is 1. The van der Waals surface area contributed by atoms with Gasteiger partial charge >= 0.3 is 0 Å². The van der Waals surface area contributed by atoms with Crippen LogP contribution in [0.5, 0.6) is 0 Å². The van der Waals surface area contributed by atoms with E-state index in [1.54, 1.807) is 29.1 Å². The van der Waals surface area contributed by atoms with E-state index in [0.29, 0.717) is 5.82 Å². The first kappa shape index (κ1) is 13.5. The molecule has 1 aromatic carbocycles. The molecule has 1 heterocycles. The molecule has 1 aromatic heterocycles. The maximum absolute atomic E-state index is 13.0. The first-order valence-electron chi connectivity index (χ1n) is 5.70. The molecule has 1 amide bonds. The molecule has 2 rings (SSSR count). The largest absolute Gasteiger partial charge is 0.341 e. The highest BCUT2D eigenvalue weighted by molar-refractivity contribution is 6.27. The lowest BCUT2D eigenvalue weighted by atomic mass is 10.1. The average Bonchev–Trinajstić information content (AvgIpc) is 2.83. The van der Waals surface area contributed by atoms with Crippen molar-refractivity contribution in [3.8, 4) is 0 Å². The molecule has 19 heavy (non-hydrogen) atoms. The van der Waals surface area contributed by atoms with Gasteiger partial charge in [-0.1, -0.05) is 12.1 Å². The Morgan fingerprint density at radius 3 is 2.68 bits per heavy atom. The Labute approximate surface area is 115 Å². The Bertz CT molecular complexity index is 568. The maximum Gasteiger partial charge on any atom is 0.235 e. The van der Waals surface area contributed by atoms with Gasteiger partial charge in [0, 0.05) is 19.4 Å². The van der Waals surface area contributed by atoms with Crippen molar-refractivity contribution in [1.29, 1.82) is 0 Å². The zero-order chi connectivity index (χ0) is 13.8. The van der Waals surface area contributed by atoms with Gasteiger partial charge < -0.3 is 9.88 Å². The summed E-state index contributed by atoms with van der Waals surface area (Å²) in [4.78, 5) is 15.7. The summed E-state index contributed by atoms with van der Waals surface area (Å²) >= 11 is 5.51. The summed E-state index contributed by atoms with van der Waals surface area (Å²) < 4.78 is 14.8. The number of carbonyl (C=O) groups is 1. The zero-order valence-corrected chi connectivity index (χ0v) is 11.1. The van der Waals surface area contributed by atoms with E-state index >= 15 is 0 Å². The molecule has 0 bridgehead atoms. The van der Waals surface area contributed by atoms with Gasteiger partial charge in [-0.2, -0.15) is 0 Å². The predicted octanol–water partition coefficient (Wildman–Crippen LogP) is 2.00. The lowest BCUT2D eigenvalue weighted by Gasteiger charge is -2.18. The first-order valence-corrected chi connectivity index (χ1v) is 6.23. The van der Waals surface area contributed by atoms with E-state index in [1.807, 2.05) is 7.05 Å². The van der Waals surface area contributed by atoms with Crippen molar-refractivity contribution in [2.24, 2.45) is 7.05 Å². The summed E-state index contributed by atoms with van der Waals surface area (Å²) in [5.41, 5.74) is 0.745. The summed E-state index contributed by atoms with van der Waals surface area (Å²) in [6.45, 7) is 0. The third-order valence-electron chi connectivity index (χ3n) is 2.75. The van der Waals surface area contributed by atoms with Crippen LogP contribution in [0, 0.1) is 5.82 Å². The number of imidazole rings is 1. The number of hydrogen-bond donors (Lipinski definition) is 1. The van der Waals surface area contributed by atoms with Gasteiger partial charge in [0.2, 0.25) is 5.91 Å². The van der Waals surface area contributed by atoms with Crippen LogP contribution in [0.3, 0.4) is 0 Å². The Hall–Kier alpha value is -1.88. The number of nitrogens with zero attached hydrogens (tertiary/aromatic N) is 2. The second-order valence-corrected chi connectivity index (χ2v) is 4.35. The molecule has 0 saturated carbocycles. The molecule has 4 nitrogen and oxygen atoms in total. The Balaban J connectivity index is 2.37. The van der Waals surface area contributed by atoms with Crippen molar-refractivity contribution in [2.75, 3.05) is 5.88 Å². The number of carbonyl (C=O) groups excluding carboxylic acids is 1. The van der Waals surface area contributed by atoms with Crippen molar-refractivity contribution in [2.45, 2.75) is 6.04 Å². The lowest BCUT2D eigenvalue weighted by molar-refractivity contribution is -0.119. The summed E-state index contributed by atoms with van der Waals surface area (Å²) in [7, 11) is 1.83. The van der Waals surface area contributed by atoms with Crippen molar-refractivity contribution in [3.63, 3.8) is 0 Å². The third kappa shape index (κ3) is 3.12. The molecule has 0 aliphatic rings. The Morgan fingerprint density at radius 2 is 2.16 bits per heavy atom. The number of aryl methyl sites for hydroxylation is 1. The van der Waals surface area contributed by atoms with E-state index in [1.165, 1.54) is 12.1 Å². The lowest BCUT2D eigenvalue weighted by Crippen LogP contribution is -2.31. The van der Waals surface area contributed by atoms with Gasteiger partial charge in [0.25, 0.3) is 0 Å². The van der Waals surface area contributed by atoms with Crippen LogP contribution < -0.4 is 5.32 Å². The molecule has 1 unspecified atom stereocenters. The first-order chi connectivity index (χ1) is 9.11. The van der Waals surface area contributed by atoms with Crippen LogP contribution in [0.15, 0.2) is 36.7 Å². The van der Waals surface area contributed by atoms with E-state index in [2.05, 4.69) is 10.3 Å². The molecular weight excluding hydrogens is 269 g/mol. The summed E-state index contributed by atoms with van der Waals surface area (Å²) in [6.07, 6.45) is 3.41. The normalized spacial score (nSPS) is 12.2. The summed E-state index contributed by atoms with van der Waals surface area (Å²) in [5, 5.41) is 2.77. The van der Waals surface area contributed by atoms with Crippen molar-refractivity contribution >= 4 is 17.5 Å². The van der Waals surface area contributed by atoms with Crippen LogP contribution in [0.2, 0.25) is 0 Å². The minimum atomic E-state index is -0.452. The number of benzene rings is 1. The van der Waals surface area contributed by atoms with Crippen LogP contribution in [0.25, 0.3) is 0 Å². The molecular formula is C13H13ClFN3O. The molecule has 0 radical (unpaired) electrons. The van der Waals surface area contributed by atoms with E-state index in [9.17, 15) is 9.18 Å². The molecule has 1 atom stereocenters. The molecule has 0 aliphatic carbocycles. The molecule has 0 aliphatic heterocycles. The molecule has 0 saturated heterocycles. The number of halogens is 2. The number of rotatable bonds is 4. The highest BCUT2D eigenvalue weighted by atomic mass is 35.5. The number of hydrogen-bond acceptors (Lipinski definition) is 2. The maximum atomic E-state index is 13.0. The van der Waals surface area contributed by atoms with Crippen LogP contribution in [0.1, 0.15) is 17.4 Å². The van der Waals surface area contributed by atoms with Gasteiger partial charge in [0.15, 0.2) is 0 Å². The van der Waals surface area contributed by atoms with Crippen molar-refractivity contribution in [3.05, 3.63) is 53.9 Å². The van der Waals surface area contributed by atoms with Gasteiger partial charge in [0.1, 0.15) is 23.6 Å². The second kappa shape index (κ2) is 5.84. The minimum Gasteiger partial charge on any atom is -0.341 e. The number of alkyl halides is 1. The standard InChI is InChI=1S/C13H13ClFN3O/c1-18-7-6-16-13(18)12(17-11(19)8-14)9-2-4-10(15)5-3-9/h2-7,12H,8H2,1H3,(H,17,19). The fraction of sp³-hybridized carbons (Fsp3) is 0.231. The van der Waals surface area contributed by atoms with Gasteiger partial charge in [-0.15, -0.1) is 11.6 Å². The molecule has 100 valence electrons. The molecule has 1 N–H and O–H groups in total. The quantitative estimate of drug-likeness (QED) is 0.872. The van der Waals surface area contributed by atoms with Crippen molar-refractivity contribution in [1.82, 2.24) is 14.9 Å². The van der Waals surface area contributed by atoms with Crippen LogP contribution >= 0.6 is 11.6 Å². The monoisotopic (exact) mass is 281 g/mol. The van der Waals surface area contributed by atoms with Crippen molar-refractivity contribution < 1.29 is 9.18 Å². The predicted molar refractivity (Wildman–Crippen MR) is 70.3 cm³/mol. The average molecular weight is 282 g/mol. The van der Waals surface area contributed by atoms with Crippen LogP contribution in [-0.2, 0) is 11.8 Å². The topological polar surface area (TPSA) is 46.9 Å². The molecule has 6 heteroatoms. The highest BCUT2D eigenvalue weighted by Gasteiger charge is 2.20. The van der Waals surface area contributed by atoms with E-state index in [0.717, 1.165) is 5.56 Å². The van der Waals surface area contributed by atoms with Gasteiger partial charge in [-0.25, -0.2) is 9.37 Å². The SMILES string of the molecule is Cn1ccnc1C(NC(=O)CCl)c1ccc(F)cc1. The number of nitrogens with one attached hydrogen (secondary N) is 1. The van der Waals surface area contributed by atoms with Gasteiger partial charge in [-0.05, 0) is 17.7 Å². The number of aromatic nitrogens is 2. The Morgan fingerprint density at radius 1 is 1.47 bits per heavy atom. The smallest absolute Gasteiger partial charge is 0.235 e. The summed E-state index contributed by atoms with van der Waals surface area (Å²) in [5.74, 6) is -0.114. The summed E-state index contributed by atoms with van der Waals surface area (Å²) in [6, 6.07) is 5.47. The second-order valence-electron chi connectivity index (χ2n) is 4.08. The van der Waals surface area contributed by atoms with Gasteiger partial charge in [-0.3, -0.25) is 4.79 Å². The van der Waals surface area contributed by atoms with Gasteiger partial charge in [0.05, 0.1) is 0 Å². The fourth-order valence-corrected chi connectivity index (χ4v) is 1.88. The fourth-order valence-electron chi connectivity index (χ4n) is 1.81. The highest BCUT2D eigenvalue weighted by Crippen LogP contribution is 2.20. The zero-order valence-electron chi connectivity index (χ0n) is 10.3. The van der Waals surface area contributed by atoms with Crippen LogP contribution in [0.4, 0.5) is 4.39 Å². The molecule has 0 spiro atoms. The van der Waals surface area contributed by atoms with Crippen LogP contribution in [-0.4, -0.2) is 21.3 Å². The third-order valence-corrected chi connectivity index (χ3v) is 2.99. The molecule has 0 fully saturated rings. The van der Waals surface area contributed by atoms with E-state index < -0.39 is 6.04 Å². The van der Waals surface area contributed by atoms with E-state index in [4.69, 9.17) is 11.6 Å². The Kier molecular flexibility index (Phi) is 4.16. The minimum absolute atomic E-state index is 0.137. The molecule has 2 aromatic rings. The van der Waals surface area contributed by atoms with E-state index in [-0.39, 0.29) is 17.6 Å².